The zero-order valence-corrected chi connectivity index (χ0v) is 13.2. The molecule has 0 saturated heterocycles. The van der Waals surface area contributed by atoms with E-state index in [0.29, 0.717) is 12.3 Å². The van der Waals surface area contributed by atoms with Gasteiger partial charge in [-0.1, -0.05) is 27.2 Å². The van der Waals surface area contributed by atoms with Gasteiger partial charge in [0, 0.05) is 6.04 Å². The van der Waals surface area contributed by atoms with Crippen molar-refractivity contribution in [2.45, 2.75) is 57.7 Å². The van der Waals surface area contributed by atoms with E-state index in [1.54, 1.807) is 6.07 Å². The number of hydrogen-bond donors (Lipinski definition) is 2. The van der Waals surface area contributed by atoms with Gasteiger partial charge < -0.3 is 9.73 Å². The second kappa shape index (κ2) is 5.87. The van der Waals surface area contributed by atoms with Crippen molar-refractivity contribution >= 4 is 10.0 Å². The molecule has 6 heteroatoms. The highest BCUT2D eigenvalue weighted by Gasteiger charge is 2.37. The van der Waals surface area contributed by atoms with Crippen LogP contribution in [0.3, 0.4) is 0 Å². The fraction of sp³-hybridized carbons (Fsp3) is 0.714. The highest BCUT2D eigenvalue weighted by molar-refractivity contribution is 7.89. The summed E-state index contributed by atoms with van der Waals surface area (Å²) in [6.45, 7) is 7.56. The maximum absolute atomic E-state index is 12.3. The zero-order chi connectivity index (χ0) is 14.8. The van der Waals surface area contributed by atoms with E-state index in [9.17, 15) is 8.42 Å². The van der Waals surface area contributed by atoms with Gasteiger partial charge in [-0.05, 0) is 36.9 Å². The summed E-state index contributed by atoms with van der Waals surface area (Å²) in [5.41, 5.74) is 0.00621. The molecular formula is C14H24N2O3S. The predicted octanol–water partition coefficient (Wildman–Crippen LogP) is 2.25. The Morgan fingerprint density at radius 3 is 2.75 bits per heavy atom. The molecule has 0 radical (unpaired) electrons. The Labute approximate surface area is 121 Å². The maximum Gasteiger partial charge on any atom is 0.274 e. The van der Waals surface area contributed by atoms with E-state index in [0.717, 1.165) is 25.8 Å². The van der Waals surface area contributed by atoms with Gasteiger partial charge >= 0.3 is 0 Å². The van der Waals surface area contributed by atoms with Crippen molar-refractivity contribution in [2.24, 2.45) is 5.41 Å². The van der Waals surface area contributed by atoms with Crippen LogP contribution in [0.15, 0.2) is 21.6 Å². The third kappa shape index (κ3) is 3.42. The Kier molecular flexibility index (Phi) is 4.56. The van der Waals surface area contributed by atoms with Crippen LogP contribution in [-0.4, -0.2) is 21.0 Å². The quantitative estimate of drug-likeness (QED) is 0.845. The van der Waals surface area contributed by atoms with Crippen LogP contribution in [0.1, 0.15) is 45.8 Å². The van der Waals surface area contributed by atoms with Crippen LogP contribution in [0.5, 0.6) is 0 Å². The minimum atomic E-state index is -3.56. The molecule has 0 bridgehead atoms. The van der Waals surface area contributed by atoms with Crippen molar-refractivity contribution in [3.05, 3.63) is 17.9 Å². The smallest absolute Gasteiger partial charge is 0.274 e. The lowest BCUT2D eigenvalue weighted by Gasteiger charge is -2.27. The van der Waals surface area contributed by atoms with E-state index < -0.39 is 10.0 Å². The molecule has 2 N–H and O–H groups in total. The summed E-state index contributed by atoms with van der Waals surface area (Å²) in [5.74, 6) is 0.637. The zero-order valence-electron chi connectivity index (χ0n) is 12.4. The first-order valence-corrected chi connectivity index (χ1v) is 8.65. The molecule has 1 saturated carbocycles. The van der Waals surface area contributed by atoms with Gasteiger partial charge in [0.05, 0.1) is 6.54 Å². The molecule has 1 aromatic heterocycles. The van der Waals surface area contributed by atoms with Crippen LogP contribution in [0.4, 0.5) is 0 Å². The van der Waals surface area contributed by atoms with Crippen molar-refractivity contribution < 1.29 is 12.8 Å². The monoisotopic (exact) mass is 300 g/mol. The van der Waals surface area contributed by atoms with Crippen LogP contribution >= 0.6 is 0 Å². The summed E-state index contributed by atoms with van der Waals surface area (Å²) in [6.07, 6.45) is 2.99. The highest BCUT2D eigenvalue weighted by Crippen LogP contribution is 2.37. The molecule has 1 heterocycles. The minimum Gasteiger partial charge on any atom is -0.447 e. The number of nitrogens with one attached hydrogen (secondary N) is 2. The normalized spacial score (nSPS) is 22.2. The predicted molar refractivity (Wildman–Crippen MR) is 77.8 cm³/mol. The van der Waals surface area contributed by atoms with Crippen LogP contribution < -0.4 is 10.0 Å². The van der Waals surface area contributed by atoms with E-state index in [1.807, 2.05) is 6.92 Å². The minimum absolute atomic E-state index is 0.00621. The summed E-state index contributed by atoms with van der Waals surface area (Å²) in [7, 11) is -3.56. The van der Waals surface area contributed by atoms with E-state index in [4.69, 9.17) is 4.42 Å². The van der Waals surface area contributed by atoms with E-state index in [2.05, 4.69) is 23.9 Å². The molecule has 1 unspecified atom stereocenters. The SMILES string of the molecule is CCNCc1ccc(S(=O)(=O)NC2CCCC2(C)C)o1. The molecule has 1 aliphatic carbocycles. The Bertz CT molecular complexity index is 549. The number of sulfonamides is 1. The van der Waals surface area contributed by atoms with Gasteiger partial charge in [0.15, 0.2) is 0 Å². The van der Waals surface area contributed by atoms with Gasteiger partial charge in [-0.15, -0.1) is 0 Å². The van der Waals surface area contributed by atoms with Crippen molar-refractivity contribution in [3.63, 3.8) is 0 Å². The fourth-order valence-corrected chi connectivity index (χ4v) is 4.03. The van der Waals surface area contributed by atoms with Crippen LogP contribution in [0.2, 0.25) is 0 Å². The summed E-state index contributed by atoms with van der Waals surface area (Å²) in [4.78, 5) is 0. The van der Waals surface area contributed by atoms with Gasteiger partial charge in [0.2, 0.25) is 5.09 Å². The lowest BCUT2D eigenvalue weighted by Crippen LogP contribution is -2.41. The summed E-state index contributed by atoms with van der Waals surface area (Å²) < 4.78 is 32.9. The van der Waals surface area contributed by atoms with Gasteiger partial charge in [0.25, 0.3) is 10.0 Å². The van der Waals surface area contributed by atoms with E-state index in [1.165, 1.54) is 6.07 Å². The summed E-state index contributed by atoms with van der Waals surface area (Å²) >= 11 is 0. The van der Waals surface area contributed by atoms with Crippen molar-refractivity contribution in [2.75, 3.05) is 6.54 Å². The molecule has 0 aromatic carbocycles. The molecule has 1 atom stereocenters. The number of hydrogen-bond acceptors (Lipinski definition) is 4. The number of rotatable bonds is 6. The highest BCUT2D eigenvalue weighted by atomic mass is 32.2. The van der Waals surface area contributed by atoms with E-state index >= 15 is 0 Å². The molecule has 1 aliphatic rings. The first-order chi connectivity index (χ1) is 9.35. The average molecular weight is 300 g/mol. The van der Waals surface area contributed by atoms with Gasteiger partial charge in [-0.25, -0.2) is 13.1 Å². The molecule has 0 amide bonds. The molecular weight excluding hydrogens is 276 g/mol. The molecule has 114 valence electrons. The van der Waals surface area contributed by atoms with Gasteiger partial charge in [-0.3, -0.25) is 0 Å². The van der Waals surface area contributed by atoms with Gasteiger partial charge in [-0.2, -0.15) is 0 Å². The molecule has 1 aromatic rings. The lowest BCUT2D eigenvalue weighted by atomic mass is 9.88. The summed E-state index contributed by atoms with van der Waals surface area (Å²) in [6, 6.07) is 3.21. The first kappa shape index (κ1) is 15.5. The maximum atomic E-state index is 12.3. The molecule has 2 rings (SSSR count). The van der Waals surface area contributed by atoms with Crippen LogP contribution in [0, 0.1) is 5.41 Å². The Hall–Kier alpha value is -0.850. The third-order valence-electron chi connectivity index (χ3n) is 4.01. The Balaban J connectivity index is 2.08. The third-order valence-corrected chi connectivity index (χ3v) is 5.35. The largest absolute Gasteiger partial charge is 0.447 e. The second-order valence-electron chi connectivity index (χ2n) is 6.06. The van der Waals surface area contributed by atoms with Gasteiger partial charge in [0.1, 0.15) is 5.76 Å². The molecule has 20 heavy (non-hydrogen) atoms. The van der Waals surface area contributed by atoms with E-state index in [-0.39, 0.29) is 16.5 Å². The van der Waals surface area contributed by atoms with Crippen molar-refractivity contribution in [3.8, 4) is 0 Å². The molecule has 5 nitrogen and oxygen atoms in total. The lowest BCUT2D eigenvalue weighted by molar-refractivity contribution is 0.309. The second-order valence-corrected chi connectivity index (χ2v) is 7.70. The Morgan fingerprint density at radius 2 is 2.15 bits per heavy atom. The number of furan rings is 1. The molecule has 1 fully saturated rings. The average Bonchev–Trinajstić information content (AvgIpc) is 2.95. The standard InChI is InChI=1S/C14H24N2O3S/c1-4-15-10-11-7-8-13(19-11)20(17,18)16-12-6-5-9-14(12,2)3/h7-8,12,15-16H,4-6,9-10H2,1-3H3. The van der Waals surface area contributed by atoms with Crippen molar-refractivity contribution in [1.29, 1.82) is 0 Å². The van der Waals surface area contributed by atoms with Crippen molar-refractivity contribution in [1.82, 2.24) is 10.0 Å². The molecule has 0 spiro atoms. The molecule has 0 aliphatic heterocycles. The fourth-order valence-electron chi connectivity index (χ4n) is 2.64. The van der Waals surface area contributed by atoms with Crippen LogP contribution in [0.25, 0.3) is 0 Å². The topological polar surface area (TPSA) is 71.3 Å². The van der Waals surface area contributed by atoms with Crippen LogP contribution in [-0.2, 0) is 16.6 Å². The Morgan fingerprint density at radius 1 is 1.40 bits per heavy atom. The summed E-state index contributed by atoms with van der Waals surface area (Å²) in [5, 5.41) is 3.11. The first-order valence-electron chi connectivity index (χ1n) is 7.17.